The molecule has 0 saturated carbocycles. The molecule has 98 valence electrons. The molecule has 1 aromatic carbocycles. The summed E-state index contributed by atoms with van der Waals surface area (Å²) >= 11 is 5.52. The molecule has 2 N–H and O–H groups in total. The second-order valence-electron chi connectivity index (χ2n) is 4.56. The molecule has 0 bridgehead atoms. The first-order chi connectivity index (χ1) is 8.81. The fourth-order valence-corrected chi connectivity index (χ4v) is 2.52. The molecule has 0 aliphatic heterocycles. The zero-order valence-electron chi connectivity index (χ0n) is 10.5. The number of carbonyl (C=O) groups excluding carboxylic acids is 1. The summed E-state index contributed by atoms with van der Waals surface area (Å²) in [7, 11) is 0. The zero-order valence-corrected chi connectivity index (χ0v) is 11.2. The fourth-order valence-electron chi connectivity index (χ4n) is 2.42. The van der Waals surface area contributed by atoms with Crippen LogP contribution in [0.1, 0.15) is 29.5 Å². The van der Waals surface area contributed by atoms with Gasteiger partial charge in [-0.2, -0.15) is 0 Å². The molecular formula is C14H19ClN2O. The molecule has 0 saturated heterocycles. The van der Waals surface area contributed by atoms with Crippen LogP contribution in [0.25, 0.3) is 0 Å². The lowest BCUT2D eigenvalue weighted by molar-refractivity contribution is 0.241. The minimum atomic E-state index is -0.149. The van der Waals surface area contributed by atoms with E-state index in [-0.39, 0.29) is 6.03 Å². The Morgan fingerprint density at radius 3 is 2.89 bits per heavy atom. The van der Waals surface area contributed by atoms with Gasteiger partial charge in [-0.05, 0) is 42.4 Å². The zero-order chi connectivity index (χ0) is 12.8. The lowest BCUT2D eigenvalue weighted by Crippen LogP contribution is -2.36. The Labute approximate surface area is 113 Å². The van der Waals surface area contributed by atoms with Crippen LogP contribution in [0, 0.1) is 0 Å². The Kier molecular flexibility index (Phi) is 4.88. The van der Waals surface area contributed by atoms with Crippen LogP contribution in [0.4, 0.5) is 4.79 Å². The highest BCUT2D eigenvalue weighted by molar-refractivity contribution is 6.18. The van der Waals surface area contributed by atoms with Gasteiger partial charge in [0.1, 0.15) is 0 Å². The van der Waals surface area contributed by atoms with Crippen molar-refractivity contribution in [2.24, 2.45) is 0 Å². The first-order valence-corrected chi connectivity index (χ1v) is 7.02. The lowest BCUT2D eigenvalue weighted by atomic mass is 9.88. The van der Waals surface area contributed by atoms with E-state index in [0.29, 0.717) is 19.0 Å². The largest absolute Gasteiger partial charge is 0.337 e. The number of carbonyl (C=O) groups is 1. The van der Waals surface area contributed by atoms with Crippen molar-refractivity contribution >= 4 is 17.6 Å². The van der Waals surface area contributed by atoms with E-state index in [1.807, 2.05) is 0 Å². The van der Waals surface area contributed by atoms with Crippen LogP contribution in [-0.4, -0.2) is 18.5 Å². The quantitative estimate of drug-likeness (QED) is 0.808. The molecule has 1 aromatic rings. The normalized spacial score (nSPS) is 13.8. The summed E-state index contributed by atoms with van der Waals surface area (Å²) < 4.78 is 0. The molecular weight excluding hydrogens is 248 g/mol. The Bertz CT molecular complexity index is 420. The maximum absolute atomic E-state index is 11.5. The molecule has 0 atom stereocenters. The van der Waals surface area contributed by atoms with Crippen molar-refractivity contribution in [3.05, 3.63) is 34.9 Å². The smallest absolute Gasteiger partial charge is 0.315 e. The van der Waals surface area contributed by atoms with Crippen molar-refractivity contribution in [3.63, 3.8) is 0 Å². The first kappa shape index (κ1) is 13.2. The van der Waals surface area contributed by atoms with Crippen LogP contribution in [0.2, 0.25) is 0 Å². The van der Waals surface area contributed by atoms with Crippen molar-refractivity contribution in [1.29, 1.82) is 0 Å². The second-order valence-corrected chi connectivity index (χ2v) is 4.94. The van der Waals surface area contributed by atoms with Gasteiger partial charge in [0, 0.05) is 19.0 Å². The van der Waals surface area contributed by atoms with E-state index < -0.39 is 0 Å². The number of benzene rings is 1. The van der Waals surface area contributed by atoms with Crippen molar-refractivity contribution in [3.8, 4) is 0 Å². The minimum Gasteiger partial charge on any atom is -0.337 e. The monoisotopic (exact) mass is 266 g/mol. The van der Waals surface area contributed by atoms with Gasteiger partial charge in [-0.3, -0.25) is 0 Å². The van der Waals surface area contributed by atoms with Gasteiger partial charge in [0.05, 0.1) is 0 Å². The van der Waals surface area contributed by atoms with Crippen LogP contribution in [0.5, 0.6) is 0 Å². The van der Waals surface area contributed by atoms with Gasteiger partial charge < -0.3 is 10.6 Å². The van der Waals surface area contributed by atoms with Crippen molar-refractivity contribution in [2.75, 3.05) is 12.4 Å². The number of nitrogens with one attached hydrogen (secondary N) is 2. The van der Waals surface area contributed by atoms with E-state index >= 15 is 0 Å². The SMILES string of the molecule is O=C(NCCCl)NCc1cccc2c1CCCC2. The molecule has 2 amide bonds. The number of halogens is 1. The van der Waals surface area contributed by atoms with E-state index in [9.17, 15) is 4.79 Å². The number of hydrogen-bond donors (Lipinski definition) is 2. The first-order valence-electron chi connectivity index (χ1n) is 6.48. The van der Waals surface area contributed by atoms with E-state index in [1.165, 1.54) is 36.0 Å². The third kappa shape index (κ3) is 3.39. The number of aryl methyl sites for hydroxylation is 1. The maximum Gasteiger partial charge on any atom is 0.315 e. The average molecular weight is 267 g/mol. The highest BCUT2D eigenvalue weighted by Gasteiger charge is 2.12. The number of urea groups is 1. The molecule has 1 aliphatic carbocycles. The molecule has 0 fully saturated rings. The molecule has 0 spiro atoms. The summed E-state index contributed by atoms with van der Waals surface area (Å²) in [6.45, 7) is 1.09. The van der Waals surface area contributed by atoms with Crippen LogP contribution in [0.15, 0.2) is 18.2 Å². The highest BCUT2D eigenvalue weighted by Crippen LogP contribution is 2.24. The second kappa shape index (κ2) is 6.64. The van der Waals surface area contributed by atoms with E-state index in [1.54, 1.807) is 0 Å². The molecule has 1 aliphatic rings. The Hall–Kier alpha value is -1.22. The van der Waals surface area contributed by atoms with Gasteiger partial charge in [0.2, 0.25) is 0 Å². The standard InChI is InChI=1S/C14H19ClN2O/c15-8-9-16-14(18)17-10-12-6-3-5-11-4-1-2-7-13(11)12/h3,5-6H,1-2,4,7-10H2,(H2,16,17,18). The van der Waals surface area contributed by atoms with Crippen LogP contribution >= 0.6 is 11.6 Å². The molecule has 4 heteroatoms. The van der Waals surface area contributed by atoms with Gasteiger partial charge in [0.25, 0.3) is 0 Å². The topological polar surface area (TPSA) is 41.1 Å². The van der Waals surface area contributed by atoms with Crippen LogP contribution < -0.4 is 10.6 Å². The number of amides is 2. The van der Waals surface area contributed by atoms with Gasteiger partial charge in [0.15, 0.2) is 0 Å². The lowest BCUT2D eigenvalue weighted by Gasteiger charge is -2.19. The van der Waals surface area contributed by atoms with Crippen molar-refractivity contribution < 1.29 is 4.79 Å². The van der Waals surface area contributed by atoms with Gasteiger partial charge in [-0.25, -0.2) is 4.79 Å². The van der Waals surface area contributed by atoms with Gasteiger partial charge >= 0.3 is 6.03 Å². The molecule has 18 heavy (non-hydrogen) atoms. The molecule has 0 radical (unpaired) electrons. The van der Waals surface area contributed by atoms with E-state index in [2.05, 4.69) is 28.8 Å². The minimum absolute atomic E-state index is 0.149. The van der Waals surface area contributed by atoms with E-state index in [4.69, 9.17) is 11.6 Å². The summed E-state index contributed by atoms with van der Waals surface area (Å²) in [5.41, 5.74) is 4.12. The van der Waals surface area contributed by atoms with Crippen molar-refractivity contribution in [2.45, 2.75) is 32.2 Å². The summed E-state index contributed by atoms with van der Waals surface area (Å²) in [4.78, 5) is 11.5. The summed E-state index contributed by atoms with van der Waals surface area (Å²) in [5, 5.41) is 5.58. The Balaban J connectivity index is 1.95. The summed E-state index contributed by atoms with van der Waals surface area (Å²) in [5.74, 6) is 0.439. The molecule has 0 aromatic heterocycles. The number of rotatable bonds is 4. The van der Waals surface area contributed by atoms with E-state index in [0.717, 1.165) is 6.42 Å². The van der Waals surface area contributed by atoms with Gasteiger partial charge in [-0.1, -0.05) is 18.2 Å². The Morgan fingerprint density at radius 1 is 1.22 bits per heavy atom. The number of fused-ring (bicyclic) bond motifs is 1. The molecule has 0 unspecified atom stereocenters. The number of alkyl halides is 1. The molecule has 2 rings (SSSR count). The third-order valence-corrected chi connectivity index (χ3v) is 3.50. The van der Waals surface area contributed by atoms with Crippen LogP contribution in [0.3, 0.4) is 0 Å². The van der Waals surface area contributed by atoms with Gasteiger partial charge in [-0.15, -0.1) is 11.6 Å². The highest BCUT2D eigenvalue weighted by atomic mass is 35.5. The average Bonchev–Trinajstić information content (AvgIpc) is 2.42. The predicted octanol–water partition coefficient (Wildman–Crippen LogP) is 2.60. The Morgan fingerprint density at radius 2 is 2.06 bits per heavy atom. The maximum atomic E-state index is 11.5. The molecule has 0 heterocycles. The van der Waals surface area contributed by atoms with Crippen molar-refractivity contribution in [1.82, 2.24) is 10.6 Å². The summed E-state index contributed by atoms with van der Waals surface area (Å²) in [6.07, 6.45) is 4.83. The summed E-state index contributed by atoms with van der Waals surface area (Å²) in [6, 6.07) is 6.24. The molecule has 3 nitrogen and oxygen atoms in total. The van der Waals surface area contributed by atoms with Crippen LogP contribution in [-0.2, 0) is 19.4 Å². The third-order valence-electron chi connectivity index (χ3n) is 3.31. The predicted molar refractivity (Wildman–Crippen MR) is 74.0 cm³/mol. The fraction of sp³-hybridized carbons (Fsp3) is 0.500. The number of hydrogen-bond acceptors (Lipinski definition) is 1.